The van der Waals surface area contributed by atoms with E-state index < -0.39 is 0 Å². The van der Waals surface area contributed by atoms with E-state index in [2.05, 4.69) is 39.3 Å². The van der Waals surface area contributed by atoms with Gasteiger partial charge in [0.05, 0.1) is 12.5 Å². The SMILES string of the molecule is O=C(C1CCOC1)N1CCN(Cc2ccc(-c3noc(C4CCCC4)n3)cc2)CC1. The van der Waals surface area contributed by atoms with Crippen molar-refractivity contribution >= 4 is 5.91 Å². The van der Waals surface area contributed by atoms with Crippen LogP contribution in [-0.4, -0.2) is 65.2 Å². The number of rotatable bonds is 5. The minimum atomic E-state index is 0.0726. The molecule has 1 saturated carbocycles. The Labute approximate surface area is 177 Å². The molecule has 7 heteroatoms. The van der Waals surface area contributed by atoms with Gasteiger partial charge in [-0.1, -0.05) is 42.3 Å². The van der Waals surface area contributed by atoms with Crippen LogP contribution in [-0.2, 0) is 16.1 Å². The van der Waals surface area contributed by atoms with Crippen molar-refractivity contribution in [3.63, 3.8) is 0 Å². The summed E-state index contributed by atoms with van der Waals surface area (Å²) in [5.41, 5.74) is 2.27. The number of hydrogen-bond acceptors (Lipinski definition) is 6. The lowest BCUT2D eigenvalue weighted by molar-refractivity contribution is -0.137. The fourth-order valence-corrected chi connectivity index (χ4v) is 4.82. The molecule has 160 valence electrons. The van der Waals surface area contributed by atoms with Gasteiger partial charge in [-0.25, -0.2) is 0 Å². The zero-order valence-electron chi connectivity index (χ0n) is 17.5. The molecule has 5 rings (SSSR count). The Hall–Kier alpha value is -2.25. The second-order valence-corrected chi connectivity index (χ2v) is 8.80. The van der Waals surface area contributed by atoms with Crippen LogP contribution >= 0.6 is 0 Å². The van der Waals surface area contributed by atoms with E-state index in [0.717, 1.165) is 70.0 Å². The first-order valence-electron chi connectivity index (χ1n) is 11.3. The first kappa shape index (κ1) is 19.7. The van der Waals surface area contributed by atoms with Crippen LogP contribution < -0.4 is 0 Å². The van der Waals surface area contributed by atoms with Gasteiger partial charge in [-0.15, -0.1) is 0 Å². The molecule has 1 amide bonds. The van der Waals surface area contributed by atoms with Gasteiger partial charge in [0.25, 0.3) is 0 Å². The van der Waals surface area contributed by atoms with Crippen molar-refractivity contribution in [3.05, 3.63) is 35.7 Å². The lowest BCUT2D eigenvalue weighted by Crippen LogP contribution is -2.50. The number of ether oxygens (including phenoxy) is 1. The van der Waals surface area contributed by atoms with Crippen molar-refractivity contribution in [2.24, 2.45) is 5.92 Å². The van der Waals surface area contributed by atoms with Gasteiger partial charge in [0, 0.05) is 50.8 Å². The fourth-order valence-electron chi connectivity index (χ4n) is 4.82. The molecule has 0 bridgehead atoms. The van der Waals surface area contributed by atoms with Crippen LogP contribution in [0, 0.1) is 5.92 Å². The Bertz CT molecular complexity index is 846. The topological polar surface area (TPSA) is 71.7 Å². The number of amides is 1. The summed E-state index contributed by atoms with van der Waals surface area (Å²) in [5.74, 6) is 2.27. The van der Waals surface area contributed by atoms with Crippen molar-refractivity contribution in [2.75, 3.05) is 39.4 Å². The number of hydrogen-bond donors (Lipinski definition) is 0. The standard InChI is InChI=1S/C23H30N4O3/c28-23(20-9-14-29-16-20)27-12-10-26(11-13-27)15-17-5-7-18(8-6-17)21-24-22(30-25-21)19-3-1-2-4-19/h5-8,19-20H,1-4,9-16H2. The van der Waals surface area contributed by atoms with E-state index in [-0.39, 0.29) is 11.8 Å². The summed E-state index contributed by atoms with van der Waals surface area (Å²) in [6, 6.07) is 8.46. The Morgan fingerprint density at radius 2 is 1.80 bits per heavy atom. The third-order valence-electron chi connectivity index (χ3n) is 6.73. The van der Waals surface area contributed by atoms with Crippen molar-refractivity contribution in [3.8, 4) is 11.4 Å². The number of carbonyl (C=O) groups excluding carboxylic acids is 1. The van der Waals surface area contributed by atoms with Gasteiger partial charge in [0.1, 0.15) is 0 Å². The van der Waals surface area contributed by atoms with E-state index >= 15 is 0 Å². The highest BCUT2D eigenvalue weighted by atomic mass is 16.5. The minimum absolute atomic E-state index is 0.0726. The van der Waals surface area contributed by atoms with E-state index in [1.807, 2.05) is 4.90 Å². The quantitative estimate of drug-likeness (QED) is 0.754. The highest BCUT2D eigenvalue weighted by Gasteiger charge is 2.30. The lowest BCUT2D eigenvalue weighted by atomic mass is 10.1. The molecule has 0 N–H and O–H groups in total. The zero-order valence-corrected chi connectivity index (χ0v) is 17.5. The summed E-state index contributed by atoms with van der Waals surface area (Å²) in [6.45, 7) is 5.65. The molecule has 3 aliphatic rings. The van der Waals surface area contributed by atoms with Crippen LogP contribution in [0.3, 0.4) is 0 Å². The Morgan fingerprint density at radius 1 is 1.03 bits per heavy atom. The average Bonchev–Trinajstić information content (AvgIpc) is 3.57. The Kier molecular flexibility index (Phi) is 5.82. The maximum Gasteiger partial charge on any atom is 0.230 e. The maximum atomic E-state index is 12.5. The Balaban J connectivity index is 1.14. The lowest BCUT2D eigenvalue weighted by Gasteiger charge is -2.35. The van der Waals surface area contributed by atoms with E-state index in [1.54, 1.807) is 0 Å². The van der Waals surface area contributed by atoms with Gasteiger partial charge in [-0.3, -0.25) is 9.69 Å². The van der Waals surface area contributed by atoms with Crippen LogP contribution in [0.4, 0.5) is 0 Å². The molecule has 7 nitrogen and oxygen atoms in total. The molecule has 2 saturated heterocycles. The molecule has 1 aromatic carbocycles. The molecule has 2 aliphatic heterocycles. The van der Waals surface area contributed by atoms with Crippen LogP contribution in [0.15, 0.2) is 28.8 Å². The highest BCUT2D eigenvalue weighted by molar-refractivity contribution is 5.79. The van der Waals surface area contributed by atoms with Crippen LogP contribution in [0.5, 0.6) is 0 Å². The first-order chi connectivity index (χ1) is 14.8. The largest absolute Gasteiger partial charge is 0.381 e. The molecule has 1 atom stereocenters. The third kappa shape index (κ3) is 4.27. The minimum Gasteiger partial charge on any atom is -0.381 e. The molecular formula is C23H30N4O3. The number of carbonyl (C=O) groups is 1. The van der Waals surface area contributed by atoms with Gasteiger partial charge in [-0.05, 0) is 24.8 Å². The monoisotopic (exact) mass is 410 g/mol. The van der Waals surface area contributed by atoms with Crippen molar-refractivity contribution < 1.29 is 14.1 Å². The van der Waals surface area contributed by atoms with Crippen molar-refractivity contribution in [1.82, 2.24) is 19.9 Å². The molecule has 1 unspecified atom stereocenters. The van der Waals surface area contributed by atoms with Gasteiger partial charge in [0.15, 0.2) is 0 Å². The number of benzene rings is 1. The highest BCUT2D eigenvalue weighted by Crippen LogP contribution is 2.33. The molecule has 2 aromatic rings. The molecule has 3 fully saturated rings. The van der Waals surface area contributed by atoms with Crippen LogP contribution in [0.2, 0.25) is 0 Å². The Morgan fingerprint density at radius 3 is 2.50 bits per heavy atom. The molecular weight excluding hydrogens is 380 g/mol. The fraction of sp³-hybridized carbons (Fsp3) is 0.609. The summed E-state index contributed by atoms with van der Waals surface area (Å²) < 4.78 is 10.9. The smallest absolute Gasteiger partial charge is 0.230 e. The van der Waals surface area contributed by atoms with E-state index in [0.29, 0.717) is 18.3 Å². The zero-order chi connectivity index (χ0) is 20.3. The molecule has 1 aromatic heterocycles. The summed E-state index contributed by atoms with van der Waals surface area (Å²) in [7, 11) is 0. The molecule has 0 radical (unpaired) electrons. The van der Waals surface area contributed by atoms with Crippen molar-refractivity contribution in [2.45, 2.75) is 44.6 Å². The van der Waals surface area contributed by atoms with Gasteiger partial charge in [0.2, 0.25) is 17.6 Å². The van der Waals surface area contributed by atoms with Gasteiger partial charge >= 0.3 is 0 Å². The average molecular weight is 411 g/mol. The summed E-state index contributed by atoms with van der Waals surface area (Å²) in [6.07, 6.45) is 5.71. The maximum absolute atomic E-state index is 12.5. The summed E-state index contributed by atoms with van der Waals surface area (Å²) in [5, 5.41) is 4.19. The van der Waals surface area contributed by atoms with Gasteiger partial charge in [-0.2, -0.15) is 4.98 Å². The summed E-state index contributed by atoms with van der Waals surface area (Å²) >= 11 is 0. The molecule has 30 heavy (non-hydrogen) atoms. The number of nitrogens with zero attached hydrogens (tertiary/aromatic N) is 4. The van der Waals surface area contributed by atoms with Crippen LogP contribution in [0.25, 0.3) is 11.4 Å². The van der Waals surface area contributed by atoms with Crippen LogP contribution in [0.1, 0.15) is 49.5 Å². The molecule has 0 spiro atoms. The van der Waals surface area contributed by atoms with E-state index in [4.69, 9.17) is 9.26 Å². The molecule has 1 aliphatic carbocycles. The summed E-state index contributed by atoms with van der Waals surface area (Å²) in [4.78, 5) is 21.6. The number of aromatic nitrogens is 2. The predicted molar refractivity (Wildman–Crippen MR) is 112 cm³/mol. The van der Waals surface area contributed by atoms with Gasteiger partial charge < -0.3 is 14.2 Å². The van der Waals surface area contributed by atoms with E-state index in [1.165, 1.54) is 18.4 Å². The second kappa shape index (κ2) is 8.86. The predicted octanol–water partition coefficient (Wildman–Crippen LogP) is 3.07. The number of piperazine rings is 1. The second-order valence-electron chi connectivity index (χ2n) is 8.80. The third-order valence-corrected chi connectivity index (χ3v) is 6.73. The molecule has 3 heterocycles. The first-order valence-corrected chi connectivity index (χ1v) is 11.3. The van der Waals surface area contributed by atoms with Crippen molar-refractivity contribution in [1.29, 1.82) is 0 Å². The van der Waals surface area contributed by atoms with E-state index in [9.17, 15) is 4.79 Å². The normalized spacial score (nSPS) is 23.3.